The number of rotatable bonds is 4. The third-order valence-electron chi connectivity index (χ3n) is 8.37. The molecule has 0 spiro atoms. The zero-order valence-electron chi connectivity index (χ0n) is 21.5. The summed E-state index contributed by atoms with van der Waals surface area (Å²) in [5.41, 5.74) is 6.23. The quantitative estimate of drug-likeness (QED) is 0.239. The molecule has 1 fully saturated rings. The summed E-state index contributed by atoms with van der Waals surface area (Å²) >= 11 is 0. The molecule has 7 rings (SSSR count). The van der Waals surface area contributed by atoms with Crippen LogP contribution in [-0.2, 0) is 12.8 Å². The van der Waals surface area contributed by atoms with Gasteiger partial charge in [0.25, 0.3) is 0 Å². The van der Waals surface area contributed by atoms with Gasteiger partial charge in [0.2, 0.25) is 0 Å². The van der Waals surface area contributed by atoms with Crippen LogP contribution in [0.5, 0.6) is 11.5 Å². The van der Waals surface area contributed by atoms with Crippen LogP contribution >= 0.6 is 0 Å². The third kappa shape index (κ3) is 3.42. The number of nitrogens with zero attached hydrogens (tertiary/aromatic N) is 1. The average molecular weight is 472 g/mol. The lowest BCUT2D eigenvalue weighted by Crippen LogP contribution is -2.06. The van der Waals surface area contributed by atoms with E-state index in [1.54, 1.807) is 0 Å². The number of fused-ring (bicyclic) bond motifs is 5. The molecule has 2 heterocycles. The van der Waals surface area contributed by atoms with Crippen LogP contribution in [-0.4, -0.2) is 4.98 Å². The maximum atomic E-state index is 6.91. The molecule has 0 unspecified atom stereocenters. The van der Waals surface area contributed by atoms with E-state index >= 15 is 0 Å². The first-order valence-corrected chi connectivity index (χ1v) is 13.6. The van der Waals surface area contributed by atoms with Crippen molar-refractivity contribution >= 4 is 32.3 Å². The SMILES string of the molecule is Cc1ccc2c(CC(C)C)c3c(cc2c1)-c1nccc2c1c(cc1c(CC4CCCC4)cccc12)O3. The zero-order valence-corrected chi connectivity index (χ0v) is 21.5. The Hall–Kier alpha value is -3.39. The molecule has 1 aliphatic carbocycles. The highest BCUT2D eigenvalue weighted by atomic mass is 16.5. The molecule has 0 bridgehead atoms. The summed E-state index contributed by atoms with van der Waals surface area (Å²) in [6, 6.07) is 20.4. The Morgan fingerprint density at radius 1 is 0.917 bits per heavy atom. The molecular weight excluding hydrogens is 438 g/mol. The molecule has 0 amide bonds. The van der Waals surface area contributed by atoms with Gasteiger partial charge in [-0.25, -0.2) is 0 Å². The summed E-state index contributed by atoms with van der Waals surface area (Å²) in [6.07, 6.45) is 9.62. The highest BCUT2D eigenvalue weighted by Gasteiger charge is 2.27. The van der Waals surface area contributed by atoms with Gasteiger partial charge in [0.05, 0.1) is 11.1 Å². The van der Waals surface area contributed by atoms with Gasteiger partial charge in [0, 0.05) is 17.3 Å². The lowest BCUT2D eigenvalue weighted by Gasteiger charge is -2.26. The molecule has 1 aromatic heterocycles. The summed E-state index contributed by atoms with van der Waals surface area (Å²) in [7, 11) is 0. The molecule has 180 valence electrons. The second kappa shape index (κ2) is 8.34. The normalized spacial score (nSPS) is 15.2. The summed E-state index contributed by atoms with van der Waals surface area (Å²) in [5, 5.41) is 7.63. The number of hydrogen-bond donors (Lipinski definition) is 0. The number of aryl methyl sites for hydroxylation is 1. The topological polar surface area (TPSA) is 22.1 Å². The predicted octanol–water partition coefficient (Wildman–Crippen LogP) is 9.55. The van der Waals surface area contributed by atoms with E-state index in [0.717, 1.165) is 40.5 Å². The Morgan fingerprint density at radius 3 is 2.61 bits per heavy atom. The first kappa shape index (κ1) is 21.9. The minimum absolute atomic E-state index is 0.532. The van der Waals surface area contributed by atoms with Gasteiger partial charge in [0.15, 0.2) is 0 Å². The first-order chi connectivity index (χ1) is 17.6. The van der Waals surface area contributed by atoms with E-state index in [1.807, 2.05) is 6.20 Å². The molecule has 2 nitrogen and oxygen atoms in total. The molecule has 4 aromatic carbocycles. The molecular formula is C34H33NO. The van der Waals surface area contributed by atoms with Crippen molar-refractivity contribution < 1.29 is 4.74 Å². The number of ether oxygens (including phenoxy) is 1. The summed E-state index contributed by atoms with van der Waals surface area (Å²) in [4.78, 5) is 4.96. The van der Waals surface area contributed by atoms with Crippen LogP contribution in [0, 0.1) is 18.8 Å². The largest absolute Gasteiger partial charge is 0.456 e. The standard InChI is InChI=1S/C34H33NO/c1-20(2)15-29-25-12-11-21(3)16-24(25)18-30-33-32-27(13-14-35-33)26-10-6-9-23(17-22-7-4-5-8-22)28(26)19-31(32)36-34(29)30/h6,9-14,16,18-20,22H,4-5,7-8,15,17H2,1-3H3. The van der Waals surface area contributed by atoms with E-state index in [4.69, 9.17) is 9.72 Å². The van der Waals surface area contributed by atoms with Crippen LogP contribution in [0.4, 0.5) is 0 Å². The van der Waals surface area contributed by atoms with Crippen LogP contribution in [0.3, 0.4) is 0 Å². The lowest BCUT2D eigenvalue weighted by atomic mass is 9.87. The van der Waals surface area contributed by atoms with Gasteiger partial charge in [-0.15, -0.1) is 0 Å². The van der Waals surface area contributed by atoms with Crippen molar-refractivity contribution in [3.8, 4) is 22.8 Å². The fourth-order valence-corrected chi connectivity index (χ4v) is 6.74. The third-order valence-corrected chi connectivity index (χ3v) is 8.37. The van der Waals surface area contributed by atoms with Crippen LogP contribution < -0.4 is 4.74 Å². The second-order valence-corrected chi connectivity index (χ2v) is 11.5. The number of pyridine rings is 1. The van der Waals surface area contributed by atoms with Crippen LogP contribution in [0.1, 0.15) is 56.2 Å². The van der Waals surface area contributed by atoms with Gasteiger partial charge in [-0.05, 0) is 82.3 Å². The van der Waals surface area contributed by atoms with E-state index < -0.39 is 0 Å². The monoisotopic (exact) mass is 471 g/mol. The van der Waals surface area contributed by atoms with Crippen LogP contribution in [0.2, 0.25) is 0 Å². The summed E-state index contributed by atoms with van der Waals surface area (Å²) in [6.45, 7) is 6.75. The molecule has 0 saturated heterocycles. The fourth-order valence-electron chi connectivity index (χ4n) is 6.74. The van der Waals surface area contributed by atoms with Gasteiger partial charge in [0.1, 0.15) is 11.5 Å². The maximum absolute atomic E-state index is 6.91. The Morgan fingerprint density at radius 2 is 1.78 bits per heavy atom. The van der Waals surface area contributed by atoms with Crippen LogP contribution in [0.15, 0.2) is 60.8 Å². The number of aromatic nitrogens is 1. The average Bonchev–Trinajstić information content (AvgIpc) is 3.38. The lowest BCUT2D eigenvalue weighted by molar-refractivity contribution is 0.476. The van der Waals surface area contributed by atoms with Gasteiger partial charge >= 0.3 is 0 Å². The molecule has 5 aromatic rings. The van der Waals surface area contributed by atoms with Crippen LogP contribution in [0.25, 0.3) is 43.6 Å². The second-order valence-electron chi connectivity index (χ2n) is 11.5. The smallest absolute Gasteiger partial charge is 0.140 e. The number of hydrogen-bond acceptors (Lipinski definition) is 2. The van der Waals surface area contributed by atoms with E-state index in [-0.39, 0.29) is 0 Å². The zero-order chi connectivity index (χ0) is 24.4. The minimum atomic E-state index is 0.532. The Balaban J connectivity index is 1.51. The van der Waals surface area contributed by atoms with Crippen molar-refractivity contribution in [2.24, 2.45) is 11.8 Å². The van der Waals surface area contributed by atoms with Gasteiger partial charge < -0.3 is 4.74 Å². The minimum Gasteiger partial charge on any atom is -0.456 e. The van der Waals surface area contributed by atoms with E-state index in [1.165, 1.54) is 75.7 Å². The van der Waals surface area contributed by atoms with Gasteiger partial charge in [-0.1, -0.05) is 81.5 Å². The molecule has 0 radical (unpaired) electrons. The molecule has 1 saturated carbocycles. The van der Waals surface area contributed by atoms with Crippen molar-refractivity contribution in [1.82, 2.24) is 4.98 Å². The highest BCUT2D eigenvalue weighted by molar-refractivity contribution is 6.17. The molecule has 2 aliphatic rings. The van der Waals surface area contributed by atoms with Gasteiger partial charge in [-0.2, -0.15) is 0 Å². The summed E-state index contributed by atoms with van der Waals surface area (Å²) < 4.78 is 6.91. The molecule has 0 N–H and O–H groups in total. The summed E-state index contributed by atoms with van der Waals surface area (Å²) in [5.74, 6) is 3.30. The fraction of sp³-hybridized carbons (Fsp3) is 0.324. The Bertz CT molecular complexity index is 1660. The first-order valence-electron chi connectivity index (χ1n) is 13.6. The molecule has 1 aliphatic heterocycles. The van der Waals surface area contributed by atoms with Crippen molar-refractivity contribution in [1.29, 1.82) is 0 Å². The molecule has 0 atom stereocenters. The van der Waals surface area contributed by atoms with Crippen molar-refractivity contribution in [3.05, 3.63) is 77.5 Å². The van der Waals surface area contributed by atoms with Crippen molar-refractivity contribution in [2.45, 2.75) is 59.3 Å². The molecule has 36 heavy (non-hydrogen) atoms. The Labute approximate surface area is 213 Å². The van der Waals surface area contributed by atoms with Crippen molar-refractivity contribution in [2.75, 3.05) is 0 Å². The van der Waals surface area contributed by atoms with E-state index in [2.05, 4.69) is 75.4 Å². The highest BCUT2D eigenvalue weighted by Crippen LogP contribution is 2.51. The van der Waals surface area contributed by atoms with Crippen molar-refractivity contribution in [3.63, 3.8) is 0 Å². The van der Waals surface area contributed by atoms with Gasteiger partial charge in [-0.3, -0.25) is 4.98 Å². The predicted molar refractivity (Wildman–Crippen MR) is 151 cm³/mol. The van der Waals surface area contributed by atoms with E-state index in [9.17, 15) is 0 Å². The molecule has 2 heteroatoms. The van der Waals surface area contributed by atoms with E-state index in [0.29, 0.717) is 5.92 Å². The maximum Gasteiger partial charge on any atom is 0.140 e. The Kier molecular flexibility index (Phi) is 5.06. The number of benzene rings is 4.